The molecule has 0 saturated carbocycles. The van der Waals surface area contributed by atoms with Crippen molar-refractivity contribution < 1.29 is 4.39 Å². The average molecular weight is 271 g/mol. The summed E-state index contributed by atoms with van der Waals surface area (Å²) in [5, 5.41) is 0.235. The van der Waals surface area contributed by atoms with Gasteiger partial charge in [0.1, 0.15) is 5.82 Å². The molecular formula is C14H10FN3O2. The third-order valence-corrected chi connectivity index (χ3v) is 2.99. The molecule has 0 bridgehead atoms. The van der Waals surface area contributed by atoms with Crippen LogP contribution < -0.4 is 11.2 Å². The number of nitrogens with zero attached hydrogens (tertiary/aromatic N) is 2. The first kappa shape index (κ1) is 12.3. The van der Waals surface area contributed by atoms with Gasteiger partial charge in [-0.05, 0) is 31.2 Å². The van der Waals surface area contributed by atoms with Crippen molar-refractivity contribution in [1.82, 2.24) is 14.5 Å². The Morgan fingerprint density at radius 2 is 1.90 bits per heavy atom. The summed E-state index contributed by atoms with van der Waals surface area (Å²) in [5.41, 5.74) is -0.427. The molecule has 3 rings (SSSR count). The van der Waals surface area contributed by atoms with Gasteiger partial charge in [0, 0.05) is 5.69 Å². The largest absolute Gasteiger partial charge is 0.334 e. The number of hydrogen-bond acceptors (Lipinski definition) is 3. The minimum Gasteiger partial charge on any atom is -0.273 e. The highest BCUT2D eigenvalue weighted by atomic mass is 19.1. The van der Waals surface area contributed by atoms with Crippen LogP contribution in [0.25, 0.3) is 16.7 Å². The van der Waals surface area contributed by atoms with Crippen molar-refractivity contribution in [2.24, 2.45) is 0 Å². The molecule has 0 aliphatic rings. The van der Waals surface area contributed by atoms with Crippen LogP contribution in [-0.2, 0) is 0 Å². The molecule has 2 heterocycles. The van der Waals surface area contributed by atoms with Gasteiger partial charge in [-0.1, -0.05) is 12.1 Å². The van der Waals surface area contributed by atoms with Crippen LogP contribution in [0.3, 0.4) is 0 Å². The van der Waals surface area contributed by atoms with Gasteiger partial charge in [-0.15, -0.1) is 0 Å². The number of para-hydroxylation sites is 1. The van der Waals surface area contributed by atoms with Gasteiger partial charge in [0.2, 0.25) is 0 Å². The van der Waals surface area contributed by atoms with Crippen molar-refractivity contribution in [3.63, 3.8) is 0 Å². The number of rotatable bonds is 1. The lowest BCUT2D eigenvalue weighted by molar-refractivity contribution is 0.616. The molecule has 0 fully saturated rings. The van der Waals surface area contributed by atoms with Crippen LogP contribution in [0.5, 0.6) is 0 Å². The predicted octanol–water partition coefficient (Wildman–Crippen LogP) is 1.52. The lowest BCUT2D eigenvalue weighted by Crippen LogP contribution is -2.30. The molecule has 5 nitrogen and oxygen atoms in total. The zero-order valence-corrected chi connectivity index (χ0v) is 10.6. The molecule has 0 unspecified atom stereocenters. The van der Waals surface area contributed by atoms with Gasteiger partial charge in [0.15, 0.2) is 5.65 Å². The number of halogens is 1. The Balaban J connectivity index is 2.54. The molecule has 0 radical (unpaired) electrons. The molecule has 100 valence electrons. The third-order valence-electron chi connectivity index (χ3n) is 2.99. The molecule has 0 atom stereocenters. The van der Waals surface area contributed by atoms with Crippen molar-refractivity contribution in [3.05, 3.63) is 68.7 Å². The van der Waals surface area contributed by atoms with E-state index in [1.54, 1.807) is 25.1 Å². The maximum Gasteiger partial charge on any atom is 0.334 e. The highest BCUT2D eigenvalue weighted by Crippen LogP contribution is 2.15. The fourth-order valence-electron chi connectivity index (χ4n) is 2.06. The number of hydrogen-bond donors (Lipinski definition) is 1. The van der Waals surface area contributed by atoms with Gasteiger partial charge in [0.05, 0.1) is 11.1 Å². The monoisotopic (exact) mass is 271 g/mol. The van der Waals surface area contributed by atoms with Crippen molar-refractivity contribution in [1.29, 1.82) is 0 Å². The highest BCUT2D eigenvalue weighted by molar-refractivity contribution is 5.75. The molecule has 2 aromatic heterocycles. The number of nitrogens with one attached hydrogen (secondary N) is 1. The van der Waals surface area contributed by atoms with E-state index in [2.05, 4.69) is 9.97 Å². The fraction of sp³-hybridized carbons (Fsp3) is 0.0714. The number of fused-ring (bicyclic) bond motifs is 1. The summed E-state index contributed by atoms with van der Waals surface area (Å²) in [6.45, 7) is 1.73. The third kappa shape index (κ3) is 1.82. The Bertz CT molecular complexity index is 928. The number of aromatic amines is 1. The first-order valence-electron chi connectivity index (χ1n) is 5.95. The van der Waals surface area contributed by atoms with E-state index in [-0.39, 0.29) is 16.7 Å². The fourth-order valence-corrected chi connectivity index (χ4v) is 2.06. The van der Waals surface area contributed by atoms with E-state index < -0.39 is 17.1 Å². The smallest absolute Gasteiger partial charge is 0.273 e. The number of aromatic nitrogens is 3. The average Bonchev–Trinajstić information content (AvgIpc) is 2.40. The Hall–Kier alpha value is -2.76. The molecule has 0 amide bonds. The highest BCUT2D eigenvalue weighted by Gasteiger charge is 2.13. The zero-order chi connectivity index (χ0) is 14.3. The first-order chi connectivity index (χ1) is 9.58. The van der Waals surface area contributed by atoms with Crippen molar-refractivity contribution in [3.8, 4) is 5.69 Å². The van der Waals surface area contributed by atoms with Gasteiger partial charge < -0.3 is 0 Å². The molecule has 6 heteroatoms. The van der Waals surface area contributed by atoms with Crippen LogP contribution in [0.15, 0.2) is 46.0 Å². The van der Waals surface area contributed by atoms with E-state index in [0.29, 0.717) is 5.69 Å². The van der Waals surface area contributed by atoms with E-state index in [0.717, 1.165) is 4.57 Å². The van der Waals surface area contributed by atoms with Gasteiger partial charge in [-0.25, -0.2) is 18.7 Å². The molecule has 0 aliphatic carbocycles. The van der Waals surface area contributed by atoms with Crippen molar-refractivity contribution in [2.75, 3.05) is 0 Å². The quantitative estimate of drug-likeness (QED) is 0.729. The molecule has 1 aromatic carbocycles. The maximum absolute atomic E-state index is 13.9. The lowest BCUT2D eigenvalue weighted by atomic mass is 10.2. The number of pyridine rings is 1. The number of benzene rings is 1. The first-order valence-corrected chi connectivity index (χ1v) is 5.95. The van der Waals surface area contributed by atoms with Crippen LogP contribution >= 0.6 is 0 Å². The van der Waals surface area contributed by atoms with Gasteiger partial charge >= 0.3 is 5.69 Å². The summed E-state index contributed by atoms with van der Waals surface area (Å²) in [4.78, 5) is 30.2. The molecule has 0 aliphatic heterocycles. The summed E-state index contributed by atoms with van der Waals surface area (Å²) in [7, 11) is 0. The predicted molar refractivity (Wildman–Crippen MR) is 72.7 cm³/mol. The topological polar surface area (TPSA) is 67.8 Å². The summed E-state index contributed by atoms with van der Waals surface area (Å²) >= 11 is 0. The van der Waals surface area contributed by atoms with Crippen LogP contribution in [0.4, 0.5) is 4.39 Å². The van der Waals surface area contributed by atoms with Crippen molar-refractivity contribution >= 4 is 11.0 Å². The number of H-pyrrole nitrogens is 1. The summed E-state index contributed by atoms with van der Waals surface area (Å²) in [6, 6.07) is 9.06. The second kappa shape index (κ2) is 4.41. The SMILES string of the molecule is Cc1ccc2c(=O)[nH]c(=O)n(-c3ccccc3F)c2n1. The van der Waals surface area contributed by atoms with Crippen molar-refractivity contribution in [2.45, 2.75) is 6.92 Å². The van der Waals surface area contributed by atoms with E-state index in [1.807, 2.05) is 0 Å². The van der Waals surface area contributed by atoms with Crippen LogP contribution in [-0.4, -0.2) is 14.5 Å². The molecule has 20 heavy (non-hydrogen) atoms. The Kier molecular flexibility index (Phi) is 2.71. The molecular weight excluding hydrogens is 261 g/mol. The van der Waals surface area contributed by atoms with Crippen LogP contribution in [0.1, 0.15) is 5.69 Å². The summed E-state index contributed by atoms with van der Waals surface area (Å²) in [6.07, 6.45) is 0. The van der Waals surface area contributed by atoms with Gasteiger partial charge in [-0.2, -0.15) is 0 Å². The van der Waals surface area contributed by atoms with Gasteiger partial charge in [0.25, 0.3) is 5.56 Å². The minimum absolute atomic E-state index is 0.0526. The molecule has 0 saturated heterocycles. The standard InChI is InChI=1S/C14H10FN3O2/c1-8-6-7-9-12(16-8)18(14(20)17-13(9)19)11-5-3-2-4-10(11)15/h2-7H,1H3,(H,17,19,20). The molecule has 1 N–H and O–H groups in total. The maximum atomic E-state index is 13.9. The zero-order valence-electron chi connectivity index (χ0n) is 10.6. The second-order valence-corrected chi connectivity index (χ2v) is 4.37. The second-order valence-electron chi connectivity index (χ2n) is 4.37. The Labute approximate surface area is 112 Å². The Morgan fingerprint density at radius 1 is 1.15 bits per heavy atom. The molecule has 3 aromatic rings. The summed E-state index contributed by atoms with van der Waals surface area (Å²) in [5.74, 6) is -0.564. The minimum atomic E-state index is -0.717. The van der Waals surface area contributed by atoms with Crippen LogP contribution in [0, 0.1) is 12.7 Å². The van der Waals surface area contributed by atoms with E-state index in [4.69, 9.17) is 0 Å². The van der Waals surface area contributed by atoms with E-state index in [1.165, 1.54) is 18.2 Å². The van der Waals surface area contributed by atoms with Gasteiger partial charge in [-0.3, -0.25) is 9.78 Å². The number of aryl methyl sites for hydroxylation is 1. The van der Waals surface area contributed by atoms with Crippen LogP contribution in [0.2, 0.25) is 0 Å². The normalized spacial score (nSPS) is 10.9. The Morgan fingerprint density at radius 3 is 2.65 bits per heavy atom. The molecule has 0 spiro atoms. The van der Waals surface area contributed by atoms with E-state index in [9.17, 15) is 14.0 Å². The van der Waals surface area contributed by atoms with E-state index >= 15 is 0 Å². The summed E-state index contributed by atoms with van der Waals surface area (Å²) < 4.78 is 15.0. The lowest BCUT2D eigenvalue weighted by Gasteiger charge is -2.09.